The van der Waals surface area contributed by atoms with E-state index in [0.29, 0.717) is 0 Å². The first-order chi connectivity index (χ1) is 11.6. The molecule has 2 atom stereocenters. The number of cyclic esters (lactones) is 1. The highest BCUT2D eigenvalue weighted by Crippen LogP contribution is 2.37. The lowest BCUT2D eigenvalue weighted by atomic mass is 10.0. The molecule has 1 saturated heterocycles. The van der Waals surface area contributed by atoms with Crippen LogP contribution in [0.4, 0.5) is 0 Å². The molecule has 24 heavy (non-hydrogen) atoms. The van der Waals surface area contributed by atoms with Gasteiger partial charge in [-0.3, -0.25) is 4.90 Å². The number of fused-ring (bicyclic) bond motifs is 1. The number of hydrogen-bond acceptors (Lipinski definition) is 7. The molecule has 2 aliphatic heterocycles. The second kappa shape index (κ2) is 6.45. The topological polar surface area (TPSA) is 82.1 Å². The molecule has 0 saturated carbocycles. The first-order valence-electron chi connectivity index (χ1n) is 7.45. The van der Waals surface area contributed by atoms with Gasteiger partial charge in [-0.25, -0.2) is 14.4 Å². The van der Waals surface area contributed by atoms with Crippen LogP contribution in [0, 0.1) is 0 Å². The Kier molecular flexibility index (Phi) is 4.35. The fraction of sp³-hybridized carbons (Fsp3) is 0.353. The summed E-state index contributed by atoms with van der Waals surface area (Å²) in [5.41, 5.74) is 1.06. The normalized spacial score (nSPS) is 23.5. The first kappa shape index (κ1) is 16.2. The molecule has 2 aliphatic rings. The fourth-order valence-corrected chi connectivity index (χ4v) is 3.17. The van der Waals surface area contributed by atoms with E-state index in [1.165, 1.54) is 14.2 Å². The van der Waals surface area contributed by atoms with Crippen molar-refractivity contribution in [1.29, 1.82) is 0 Å². The quantitative estimate of drug-likeness (QED) is 0.593. The third kappa shape index (κ3) is 2.56. The lowest BCUT2D eigenvalue weighted by Gasteiger charge is -2.37. The summed E-state index contributed by atoms with van der Waals surface area (Å²) in [4.78, 5) is 38.3. The van der Waals surface area contributed by atoms with Gasteiger partial charge in [-0.15, -0.1) is 0 Å². The Bertz CT molecular complexity index is 711. The zero-order valence-corrected chi connectivity index (χ0v) is 13.4. The van der Waals surface area contributed by atoms with E-state index in [1.807, 2.05) is 30.3 Å². The number of methoxy groups -OCH3 is 2. The molecule has 7 heteroatoms. The zero-order chi connectivity index (χ0) is 17.3. The van der Waals surface area contributed by atoms with E-state index < -0.39 is 23.9 Å². The maximum Gasteiger partial charge on any atom is 0.336 e. The standard InChI is InChI=1S/C17H17NO6/c1-22-15(19)11-8-18-12(10-6-4-3-5-7-10)9-24-17(21)14(18)13(11)16(20)23-2/h3-7,12,14H,8-9H2,1-2H3/t12-,14+/m0/s1. The summed E-state index contributed by atoms with van der Waals surface area (Å²) in [7, 11) is 2.43. The number of carbonyl (C=O) groups excluding carboxylic acids is 3. The maximum atomic E-state index is 12.3. The molecule has 126 valence electrons. The van der Waals surface area contributed by atoms with Crippen molar-refractivity contribution in [3.63, 3.8) is 0 Å². The van der Waals surface area contributed by atoms with Crippen LogP contribution < -0.4 is 0 Å². The van der Waals surface area contributed by atoms with Crippen molar-refractivity contribution in [3.8, 4) is 0 Å². The van der Waals surface area contributed by atoms with Gasteiger partial charge in [0.2, 0.25) is 0 Å². The molecule has 0 N–H and O–H groups in total. The lowest BCUT2D eigenvalue weighted by Crippen LogP contribution is -2.49. The number of nitrogens with zero attached hydrogens (tertiary/aromatic N) is 1. The van der Waals surface area contributed by atoms with Crippen LogP contribution in [0.2, 0.25) is 0 Å². The zero-order valence-electron chi connectivity index (χ0n) is 13.4. The highest BCUT2D eigenvalue weighted by molar-refractivity contribution is 6.07. The summed E-state index contributed by atoms with van der Waals surface area (Å²) < 4.78 is 14.8. The average molecular weight is 331 g/mol. The van der Waals surface area contributed by atoms with Crippen molar-refractivity contribution < 1.29 is 28.6 Å². The van der Waals surface area contributed by atoms with Gasteiger partial charge >= 0.3 is 17.9 Å². The van der Waals surface area contributed by atoms with Crippen molar-refractivity contribution in [3.05, 3.63) is 47.0 Å². The average Bonchev–Trinajstić information content (AvgIpc) is 3.02. The minimum absolute atomic E-state index is 0.00465. The summed E-state index contributed by atoms with van der Waals surface area (Å²) in [5, 5.41) is 0. The number of ether oxygens (including phenoxy) is 3. The number of carbonyl (C=O) groups is 3. The van der Waals surface area contributed by atoms with E-state index in [0.717, 1.165) is 5.56 Å². The Balaban J connectivity index is 2.03. The molecule has 1 aromatic carbocycles. The minimum Gasteiger partial charge on any atom is -0.466 e. The van der Waals surface area contributed by atoms with Crippen LogP contribution >= 0.6 is 0 Å². The van der Waals surface area contributed by atoms with Crippen molar-refractivity contribution in [2.45, 2.75) is 12.1 Å². The van der Waals surface area contributed by atoms with Crippen molar-refractivity contribution in [2.75, 3.05) is 27.4 Å². The highest BCUT2D eigenvalue weighted by Gasteiger charge is 2.50. The van der Waals surface area contributed by atoms with Crippen LogP contribution in [0.3, 0.4) is 0 Å². The van der Waals surface area contributed by atoms with E-state index in [2.05, 4.69) is 0 Å². The van der Waals surface area contributed by atoms with E-state index in [1.54, 1.807) is 4.90 Å². The van der Waals surface area contributed by atoms with E-state index in [4.69, 9.17) is 14.2 Å². The van der Waals surface area contributed by atoms with Crippen molar-refractivity contribution in [2.24, 2.45) is 0 Å². The molecule has 0 radical (unpaired) electrons. The maximum absolute atomic E-state index is 12.3. The number of morpholine rings is 1. The predicted octanol–water partition coefficient (Wildman–Crippen LogP) is 0.611. The molecule has 0 aromatic heterocycles. The molecule has 1 aromatic rings. The summed E-state index contributed by atoms with van der Waals surface area (Å²) in [6.07, 6.45) is 0. The van der Waals surface area contributed by atoms with Gasteiger partial charge in [-0.1, -0.05) is 30.3 Å². The van der Waals surface area contributed by atoms with Crippen LogP contribution in [0.1, 0.15) is 11.6 Å². The van der Waals surface area contributed by atoms with Gasteiger partial charge in [0.15, 0.2) is 0 Å². The number of hydrogen-bond donors (Lipinski definition) is 0. The largest absolute Gasteiger partial charge is 0.466 e. The summed E-state index contributed by atoms with van der Waals surface area (Å²) in [6, 6.07) is 8.25. The molecule has 0 unspecified atom stereocenters. The van der Waals surface area contributed by atoms with Gasteiger partial charge < -0.3 is 14.2 Å². The molecule has 1 fully saturated rings. The van der Waals surface area contributed by atoms with Crippen molar-refractivity contribution >= 4 is 17.9 Å². The van der Waals surface area contributed by atoms with E-state index >= 15 is 0 Å². The molecule has 0 amide bonds. The molecular formula is C17H17NO6. The summed E-state index contributed by atoms with van der Waals surface area (Å²) in [5.74, 6) is -1.94. The van der Waals surface area contributed by atoms with Gasteiger partial charge in [0.25, 0.3) is 0 Å². The Hall–Kier alpha value is -2.67. The third-order valence-electron chi connectivity index (χ3n) is 4.30. The SMILES string of the molecule is COC(=O)C1=C(C(=O)OC)[C@@H]2C(=O)OC[C@@H](c3ccccc3)N2C1. The van der Waals surface area contributed by atoms with Gasteiger partial charge in [0.05, 0.1) is 31.4 Å². The number of rotatable bonds is 3. The minimum atomic E-state index is -0.967. The van der Waals surface area contributed by atoms with Crippen LogP contribution in [0.25, 0.3) is 0 Å². The Morgan fingerprint density at radius 3 is 2.42 bits per heavy atom. The van der Waals surface area contributed by atoms with Gasteiger partial charge in [0.1, 0.15) is 12.6 Å². The number of esters is 3. The van der Waals surface area contributed by atoms with Gasteiger partial charge in [-0.2, -0.15) is 0 Å². The molecule has 2 heterocycles. The van der Waals surface area contributed by atoms with E-state index in [9.17, 15) is 14.4 Å². The monoisotopic (exact) mass is 331 g/mol. The van der Waals surface area contributed by atoms with Gasteiger partial charge in [0, 0.05) is 6.54 Å². The molecule has 3 rings (SSSR count). The van der Waals surface area contributed by atoms with Gasteiger partial charge in [-0.05, 0) is 5.56 Å². The lowest BCUT2D eigenvalue weighted by molar-refractivity contribution is -0.160. The third-order valence-corrected chi connectivity index (χ3v) is 4.30. The predicted molar refractivity (Wildman–Crippen MR) is 81.7 cm³/mol. The second-order valence-corrected chi connectivity index (χ2v) is 5.51. The first-order valence-corrected chi connectivity index (χ1v) is 7.45. The Morgan fingerprint density at radius 1 is 1.12 bits per heavy atom. The van der Waals surface area contributed by atoms with E-state index in [-0.39, 0.29) is 30.3 Å². The van der Waals surface area contributed by atoms with Crippen LogP contribution in [0.15, 0.2) is 41.5 Å². The summed E-state index contributed by atoms with van der Waals surface area (Å²) >= 11 is 0. The molecule has 0 bridgehead atoms. The molecule has 7 nitrogen and oxygen atoms in total. The van der Waals surface area contributed by atoms with Crippen LogP contribution in [-0.4, -0.2) is 56.2 Å². The molecule has 0 spiro atoms. The molecular weight excluding hydrogens is 314 g/mol. The number of benzene rings is 1. The van der Waals surface area contributed by atoms with Crippen LogP contribution in [0.5, 0.6) is 0 Å². The Labute approximate surface area is 138 Å². The van der Waals surface area contributed by atoms with Crippen molar-refractivity contribution in [1.82, 2.24) is 4.90 Å². The second-order valence-electron chi connectivity index (χ2n) is 5.51. The van der Waals surface area contributed by atoms with Crippen LogP contribution in [-0.2, 0) is 28.6 Å². The summed E-state index contributed by atoms with van der Waals surface area (Å²) in [6.45, 7) is 0.276. The highest BCUT2D eigenvalue weighted by atomic mass is 16.5. The fourth-order valence-electron chi connectivity index (χ4n) is 3.17. The molecule has 0 aliphatic carbocycles. The Morgan fingerprint density at radius 2 is 1.79 bits per heavy atom. The smallest absolute Gasteiger partial charge is 0.336 e.